The highest BCUT2D eigenvalue weighted by atomic mass is 32.2. The van der Waals surface area contributed by atoms with Crippen molar-refractivity contribution >= 4 is 27.3 Å². The Hall–Kier alpha value is -4.21. The van der Waals surface area contributed by atoms with Gasteiger partial charge >= 0.3 is 0 Å². The molecule has 4 aromatic rings. The standard InChI is InChI=1S/C28H24FN3O4S/c29-22-12-14-23(15-13-22)30-27(33)19-36-24-16-10-21(11-17-24)28-31-25-8-4-5-9-26(25)37(34,35)32(28)18-20-6-2-1-3-7-20/h1-17,28,31H,18-19H2,(H,30,33). The molecule has 37 heavy (non-hydrogen) atoms. The van der Waals surface area contributed by atoms with Crippen LogP contribution >= 0.6 is 0 Å². The van der Waals surface area contributed by atoms with Crippen LogP contribution in [-0.4, -0.2) is 25.2 Å². The number of hydrogen-bond acceptors (Lipinski definition) is 5. The summed E-state index contributed by atoms with van der Waals surface area (Å²) in [5.74, 6) is -0.325. The summed E-state index contributed by atoms with van der Waals surface area (Å²) in [4.78, 5) is 12.4. The Kier molecular flexibility index (Phi) is 6.89. The van der Waals surface area contributed by atoms with E-state index in [2.05, 4.69) is 10.6 Å². The molecule has 0 fully saturated rings. The lowest BCUT2D eigenvalue weighted by Gasteiger charge is -2.37. The molecule has 1 atom stereocenters. The first kappa shape index (κ1) is 24.5. The van der Waals surface area contributed by atoms with Gasteiger partial charge in [0.2, 0.25) is 10.0 Å². The number of benzene rings is 4. The lowest BCUT2D eigenvalue weighted by atomic mass is 10.1. The van der Waals surface area contributed by atoms with E-state index in [1.165, 1.54) is 28.6 Å². The molecule has 4 aromatic carbocycles. The van der Waals surface area contributed by atoms with Crippen molar-refractivity contribution in [3.8, 4) is 5.75 Å². The second-order valence-electron chi connectivity index (χ2n) is 8.49. The highest BCUT2D eigenvalue weighted by molar-refractivity contribution is 7.89. The van der Waals surface area contributed by atoms with Crippen molar-refractivity contribution < 1.29 is 22.3 Å². The van der Waals surface area contributed by atoms with E-state index in [-0.39, 0.29) is 29.8 Å². The van der Waals surface area contributed by atoms with E-state index in [1.807, 2.05) is 30.3 Å². The Balaban J connectivity index is 1.33. The van der Waals surface area contributed by atoms with Crippen molar-refractivity contribution in [2.24, 2.45) is 0 Å². The summed E-state index contributed by atoms with van der Waals surface area (Å²) in [5, 5.41) is 5.99. The third-order valence-corrected chi connectivity index (χ3v) is 7.80. The molecule has 2 N–H and O–H groups in total. The Bertz CT molecular complexity index is 1490. The van der Waals surface area contributed by atoms with Crippen LogP contribution in [0.3, 0.4) is 0 Å². The number of anilines is 2. The average molecular weight is 518 g/mol. The molecule has 0 bridgehead atoms. The van der Waals surface area contributed by atoms with E-state index in [9.17, 15) is 17.6 Å². The molecule has 188 valence electrons. The monoisotopic (exact) mass is 517 g/mol. The van der Waals surface area contributed by atoms with Crippen molar-refractivity contribution in [3.63, 3.8) is 0 Å². The van der Waals surface area contributed by atoms with Gasteiger partial charge in [-0.2, -0.15) is 4.31 Å². The predicted octanol–water partition coefficient (Wildman–Crippen LogP) is 5.16. The number of amides is 1. The first-order valence-corrected chi connectivity index (χ1v) is 13.0. The zero-order valence-electron chi connectivity index (χ0n) is 19.7. The number of sulfonamides is 1. The molecule has 0 radical (unpaired) electrons. The van der Waals surface area contributed by atoms with Crippen molar-refractivity contribution in [2.75, 3.05) is 17.2 Å². The van der Waals surface area contributed by atoms with Crippen LogP contribution in [0, 0.1) is 5.82 Å². The Morgan fingerprint density at radius 1 is 0.892 bits per heavy atom. The molecular formula is C28H24FN3O4S. The van der Waals surface area contributed by atoms with Gasteiger partial charge in [-0.05, 0) is 59.7 Å². The number of ether oxygens (including phenoxy) is 1. The largest absolute Gasteiger partial charge is 0.484 e. The van der Waals surface area contributed by atoms with Gasteiger partial charge in [-0.3, -0.25) is 4.79 Å². The maximum absolute atomic E-state index is 13.6. The van der Waals surface area contributed by atoms with Crippen LogP contribution < -0.4 is 15.4 Å². The van der Waals surface area contributed by atoms with Crippen LogP contribution in [0.15, 0.2) is 108 Å². The van der Waals surface area contributed by atoms with Gasteiger partial charge in [0.25, 0.3) is 5.91 Å². The van der Waals surface area contributed by atoms with Crippen LogP contribution in [0.25, 0.3) is 0 Å². The minimum absolute atomic E-state index is 0.191. The minimum atomic E-state index is -3.78. The van der Waals surface area contributed by atoms with Crippen molar-refractivity contribution in [2.45, 2.75) is 17.6 Å². The summed E-state index contributed by atoms with van der Waals surface area (Å²) in [6.45, 7) is -0.0444. The van der Waals surface area contributed by atoms with E-state index >= 15 is 0 Å². The fourth-order valence-corrected chi connectivity index (χ4v) is 5.79. The van der Waals surface area contributed by atoms with Crippen molar-refractivity contribution in [1.82, 2.24) is 4.31 Å². The smallest absolute Gasteiger partial charge is 0.262 e. The molecule has 5 rings (SSSR count). The predicted molar refractivity (Wildman–Crippen MR) is 139 cm³/mol. The second-order valence-corrected chi connectivity index (χ2v) is 10.4. The summed E-state index contributed by atoms with van der Waals surface area (Å²) in [6.07, 6.45) is -0.643. The van der Waals surface area contributed by atoms with E-state index in [1.54, 1.807) is 48.5 Å². The van der Waals surface area contributed by atoms with Gasteiger partial charge in [0.05, 0.1) is 5.69 Å². The number of carbonyl (C=O) groups excluding carboxylic acids is 1. The van der Waals surface area contributed by atoms with Gasteiger partial charge in [-0.25, -0.2) is 12.8 Å². The lowest BCUT2D eigenvalue weighted by molar-refractivity contribution is -0.118. The normalized spacial score (nSPS) is 16.3. The number of fused-ring (bicyclic) bond motifs is 1. The van der Waals surface area contributed by atoms with E-state index in [0.29, 0.717) is 17.1 Å². The first-order valence-electron chi connectivity index (χ1n) is 11.6. The summed E-state index contributed by atoms with van der Waals surface area (Å²) in [7, 11) is -3.78. The number of para-hydroxylation sites is 1. The van der Waals surface area contributed by atoms with Gasteiger partial charge in [0, 0.05) is 12.2 Å². The van der Waals surface area contributed by atoms with Crippen LogP contribution in [0.4, 0.5) is 15.8 Å². The number of halogens is 1. The molecule has 0 aliphatic carbocycles. The first-order chi connectivity index (χ1) is 17.9. The maximum Gasteiger partial charge on any atom is 0.262 e. The summed E-state index contributed by atoms with van der Waals surface area (Å²) in [5.41, 5.74) is 2.59. The molecule has 0 saturated heterocycles. The van der Waals surface area contributed by atoms with Gasteiger partial charge in [-0.1, -0.05) is 54.6 Å². The maximum atomic E-state index is 13.6. The van der Waals surface area contributed by atoms with Crippen molar-refractivity contribution in [3.05, 3.63) is 120 Å². The summed E-state index contributed by atoms with van der Waals surface area (Å²) >= 11 is 0. The minimum Gasteiger partial charge on any atom is -0.484 e. The van der Waals surface area contributed by atoms with Crippen molar-refractivity contribution in [1.29, 1.82) is 0 Å². The SMILES string of the molecule is O=C(COc1ccc(C2Nc3ccccc3S(=O)(=O)N2Cc2ccccc2)cc1)Nc1ccc(F)cc1. The number of hydrogen-bond donors (Lipinski definition) is 2. The molecule has 1 heterocycles. The molecule has 0 spiro atoms. The molecule has 0 saturated carbocycles. The van der Waals surface area contributed by atoms with Crippen LogP contribution in [0.1, 0.15) is 17.3 Å². The molecular weight excluding hydrogens is 493 g/mol. The van der Waals surface area contributed by atoms with Crippen LogP contribution in [0.5, 0.6) is 5.75 Å². The summed E-state index contributed by atoms with van der Waals surface area (Å²) in [6, 6.07) is 28.6. The molecule has 9 heteroatoms. The Morgan fingerprint density at radius 2 is 1.57 bits per heavy atom. The van der Waals surface area contributed by atoms with Crippen LogP contribution in [-0.2, 0) is 21.4 Å². The zero-order valence-corrected chi connectivity index (χ0v) is 20.5. The third-order valence-electron chi connectivity index (χ3n) is 5.93. The number of nitrogens with zero attached hydrogens (tertiary/aromatic N) is 1. The van der Waals surface area contributed by atoms with E-state index in [0.717, 1.165) is 11.1 Å². The Morgan fingerprint density at radius 3 is 2.30 bits per heavy atom. The molecule has 1 amide bonds. The highest BCUT2D eigenvalue weighted by Gasteiger charge is 2.38. The average Bonchev–Trinajstić information content (AvgIpc) is 2.91. The van der Waals surface area contributed by atoms with Gasteiger partial charge in [0.15, 0.2) is 6.61 Å². The van der Waals surface area contributed by atoms with E-state index < -0.39 is 16.2 Å². The van der Waals surface area contributed by atoms with E-state index in [4.69, 9.17) is 4.74 Å². The topological polar surface area (TPSA) is 87.7 Å². The highest BCUT2D eigenvalue weighted by Crippen LogP contribution is 2.39. The second kappa shape index (κ2) is 10.4. The fraction of sp³-hybridized carbons (Fsp3) is 0.107. The van der Waals surface area contributed by atoms with Crippen LogP contribution in [0.2, 0.25) is 0 Å². The number of rotatable bonds is 7. The quantitative estimate of drug-likeness (QED) is 0.354. The van der Waals surface area contributed by atoms with Gasteiger partial charge in [-0.15, -0.1) is 0 Å². The number of carbonyl (C=O) groups is 1. The summed E-state index contributed by atoms with van der Waals surface area (Å²) < 4.78 is 47.3. The molecule has 1 unspecified atom stereocenters. The fourth-order valence-electron chi connectivity index (χ4n) is 4.11. The third kappa shape index (κ3) is 5.47. The number of nitrogens with one attached hydrogen (secondary N) is 2. The van der Waals surface area contributed by atoms with Gasteiger partial charge < -0.3 is 15.4 Å². The van der Waals surface area contributed by atoms with Gasteiger partial charge in [0.1, 0.15) is 22.6 Å². The Labute approximate surface area is 214 Å². The lowest BCUT2D eigenvalue weighted by Crippen LogP contribution is -2.42. The molecule has 1 aliphatic heterocycles. The molecule has 1 aliphatic rings. The zero-order chi connectivity index (χ0) is 25.8. The molecule has 0 aromatic heterocycles. The molecule has 7 nitrogen and oxygen atoms in total.